The fourth-order valence-corrected chi connectivity index (χ4v) is 2.35. The number of aryl methyl sites for hydroxylation is 1. The molecule has 1 aromatic heterocycles. The summed E-state index contributed by atoms with van der Waals surface area (Å²) >= 11 is 0. The van der Waals surface area contributed by atoms with Gasteiger partial charge in [0.1, 0.15) is 0 Å². The molecular formula is C12H14N2O3S. The molecule has 0 saturated heterocycles. The Hall–Kier alpha value is -1.69. The summed E-state index contributed by atoms with van der Waals surface area (Å²) in [4.78, 5) is 15.0. The van der Waals surface area contributed by atoms with Crippen LogP contribution in [0.5, 0.6) is 0 Å². The van der Waals surface area contributed by atoms with E-state index in [0.29, 0.717) is 11.3 Å². The summed E-state index contributed by atoms with van der Waals surface area (Å²) in [7, 11) is -0.782. The van der Waals surface area contributed by atoms with Gasteiger partial charge in [0.2, 0.25) is 0 Å². The van der Waals surface area contributed by atoms with Gasteiger partial charge in [-0.05, 0) is 24.6 Å². The van der Waals surface area contributed by atoms with Crippen molar-refractivity contribution in [3.05, 3.63) is 30.1 Å². The van der Waals surface area contributed by atoms with Crippen LogP contribution in [0, 0.1) is 0 Å². The van der Waals surface area contributed by atoms with E-state index in [2.05, 4.69) is 4.98 Å². The zero-order valence-corrected chi connectivity index (χ0v) is 10.8. The smallest absolute Gasteiger partial charge is 0.335 e. The number of rotatable bonds is 5. The maximum Gasteiger partial charge on any atom is 0.335 e. The average molecular weight is 266 g/mol. The molecule has 1 heterocycles. The van der Waals surface area contributed by atoms with E-state index in [9.17, 15) is 9.00 Å². The highest BCUT2D eigenvalue weighted by Crippen LogP contribution is 2.15. The Bertz CT molecular complexity index is 606. The van der Waals surface area contributed by atoms with Crippen LogP contribution in [0.1, 0.15) is 16.8 Å². The van der Waals surface area contributed by atoms with E-state index in [1.165, 1.54) is 0 Å². The third kappa shape index (κ3) is 2.76. The molecule has 0 spiro atoms. The molecule has 2 aromatic rings. The number of benzene rings is 1. The van der Waals surface area contributed by atoms with Crippen LogP contribution in [0.2, 0.25) is 0 Å². The molecule has 0 aliphatic carbocycles. The fraction of sp³-hybridized carbons (Fsp3) is 0.333. The van der Waals surface area contributed by atoms with Crippen LogP contribution >= 0.6 is 0 Å². The minimum atomic E-state index is -0.951. The average Bonchev–Trinajstić information content (AvgIpc) is 2.71. The minimum Gasteiger partial charge on any atom is -0.478 e. The molecule has 0 aliphatic rings. The number of aromatic nitrogens is 2. The van der Waals surface area contributed by atoms with E-state index in [0.717, 1.165) is 18.5 Å². The Kier molecular flexibility index (Phi) is 3.76. The van der Waals surface area contributed by atoms with Crippen LogP contribution < -0.4 is 0 Å². The molecule has 6 heteroatoms. The Labute approximate surface area is 107 Å². The van der Waals surface area contributed by atoms with Crippen LogP contribution in [0.25, 0.3) is 11.0 Å². The highest BCUT2D eigenvalue weighted by molar-refractivity contribution is 7.84. The third-order valence-electron chi connectivity index (χ3n) is 2.70. The summed E-state index contributed by atoms with van der Waals surface area (Å²) in [6, 6.07) is 4.89. The molecule has 5 nitrogen and oxygen atoms in total. The summed E-state index contributed by atoms with van der Waals surface area (Å²) in [5, 5.41) is 8.89. The standard InChI is InChI=1S/C12H14N2O3S/c1-18(17)6-2-5-14-8-13-10-7-9(12(15)16)3-4-11(10)14/h3-4,7-8H,2,5-6H2,1H3,(H,15,16). The van der Waals surface area contributed by atoms with Gasteiger partial charge in [-0.3, -0.25) is 4.21 Å². The van der Waals surface area contributed by atoms with Crippen molar-refractivity contribution in [1.29, 1.82) is 0 Å². The molecule has 0 saturated carbocycles. The molecule has 0 fully saturated rings. The molecule has 0 amide bonds. The molecule has 0 bridgehead atoms. The van der Waals surface area contributed by atoms with Crippen LogP contribution in [-0.4, -0.2) is 36.8 Å². The van der Waals surface area contributed by atoms with Crippen molar-refractivity contribution in [3.63, 3.8) is 0 Å². The number of hydrogen-bond donors (Lipinski definition) is 1. The van der Waals surface area contributed by atoms with Crippen LogP contribution in [0.3, 0.4) is 0 Å². The zero-order valence-electron chi connectivity index (χ0n) is 10.00. The Morgan fingerprint density at radius 1 is 1.50 bits per heavy atom. The van der Waals surface area contributed by atoms with Gasteiger partial charge in [0, 0.05) is 29.4 Å². The molecule has 1 aromatic carbocycles. The summed E-state index contributed by atoms with van der Waals surface area (Å²) in [6.45, 7) is 0.739. The van der Waals surface area contributed by atoms with Gasteiger partial charge in [-0.15, -0.1) is 0 Å². The largest absolute Gasteiger partial charge is 0.478 e. The molecule has 0 aliphatic heterocycles. The lowest BCUT2D eigenvalue weighted by molar-refractivity contribution is 0.0697. The lowest BCUT2D eigenvalue weighted by Crippen LogP contribution is -2.02. The van der Waals surface area contributed by atoms with E-state index < -0.39 is 16.8 Å². The van der Waals surface area contributed by atoms with Gasteiger partial charge in [-0.1, -0.05) is 0 Å². The number of imidazole rings is 1. The van der Waals surface area contributed by atoms with Gasteiger partial charge in [-0.2, -0.15) is 0 Å². The lowest BCUT2D eigenvalue weighted by atomic mass is 10.2. The molecular weight excluding hydrogens is 252 g/mol. The fourth-order valence-electron chi connectivity index (χ4n) is 1.81. The van der Waals surface area contributed by atoms with Gasteiger partial charge in [0.05, 0.1) is 22.9 Å². The Morgan fingerprint density at radius 3 is 2.94 bits per heavy atom. The van der Waals surface area contributed by atoms with E-state index in [-0.39, 0.29) is 5.56 Å². The molecule has 1 unspecified atom stereocenters. The predicted octanol–water partition coefficient (Wildman–Crippen LogP) is 1.50. The summed E-state index contributed by atoms with van der Waals surface area (Å²) in [6.07, 6.45) is 4.19. The first-order chi connectivity index (χ1) is 8.58. The number of carbonyl (C=O) groups is 1. The van der Waals surface area contributed by atoms with Crippen molar-refractivity contribution in [3.8, 4) is 0 Å². The van der Waals surface area contributed by atoms with Crippen LogP contribution in [0.4, 0.5) is 0 Å². The third-order valence-corrected chi connectivity index (χ3v) is 3.56. The second-order valence-electron chi connectivity index (χ2n) is 4.08. The Balaban J connectivity index is 2.20. The van der Waals surface area contributed by atoms with Crippen molar-refractivity contribution >= 4 is 27.8 Å². The molecule has 1 N–H and O–H groups in total. The number of hydrogen-bond acceptors (Lipinski definition) is 3. The van der Waals surface area contributed by atoms with Crippen LogP contribution in [-0.2, 0) is 17.3 Å². The first-order valence-corrected chi connectivity index (χ1v) is 7.29. The Morgan fingerprint density at radius 2 is 2.28 bits per heavy atom. The maximum absolute atomic E-state index is 11.0. The molecule has 96 valence electrons. The summed E-state index contributed by atoms with van der Waals surface area (Å²) in [5.74, 6) is -0.291. The maximum atomic E-state index is 11.0. The van der Waals surface area contributed by atoms with Gasteiger partial charge >= 0.3 is 5.97 Å². The number of fused-ring (bicyclic) bond motifs is 1. The lowest BCUT2D eigenvalue weighted by Gasteiger charge is -2.03. The van der Waals surface area contributed by atoms with Crippen LogP contribution in [0.15, 0.2) is 24.5 Å². The van der Waals surface area contributed by atoms with Gasteiger partial charge in [-0.25, -0.2) is 9.78 Å². The van der Waals surface area contributed by atoms with Gasteiger partial charge in [0.15, 0.2) is 0 Å². The summed E-state index contributed by atoms with van der Waals surface area (Å²) < 4.78 is 12.9. The molecule has 18 heavy (non-hydrogen) atoms. The number of nitrogens with zero attached hydrogens (tertiary/aromatic N) is 2. The highest BCUT2D eigenvalue weighted by Gasteiger charge is 2.07. The molecule has 1 atom stereocenters. The van der Waals surface area contributed by atoms with Crippen molar-refractivity contribution in [2.45, 2.75) is 13.0 Å². The first-order valence-electron chi connectivity index (χ1n) is 5.56. The van der Waals surface area contributed by atoms with Crippen molar-refractivity contribution in [1.82, 2.24) is 9.55 Å². The topological polar surface area (TPSA) is 72.2 Å². The number of carboxylic acid groups (broad SMARTS) is 1. The zero-order chi connectivity index (χ0) is 13.1. The SMILES string of the molecule is CS(=O)CCCn1cnc2cc(C(=O)O)ccc21. The van der Waals surface area contributed by atoms with Gasteiger partial charge in [0.25, 0.3) is 0 Å². The first kappa shape index (κ1) is 12.8. The predicted molar refractivity (Wildman–Crippen MR) is 70.2 cm³/mol. The quantitative estimate of drug-likeness (QED) is 0.890. The van der Waals surface area contributed by atoms with E-state index in [1.54, 1.807) is 30.8 Å². The van der Waals surface area contributed by atoms with E-state index >= 15 is 0 Å². The second kappa shape index (κ2) is 5.30. The number of aromatic carboxylic acids is 1. The monoisotopic (exact) mass is 266 g/mol. The number of carboxylic acids is 1. The van der Waals surface area contributed by atoms with Crippen molar-refractivity contribution in [2.75, 3.05) is 12.0 Å². The normalized spacial score (nSPS) is 12.7. The van der Waals surface area contributed by atoms with Gasteiger partial charge < -0.3 is 9.67 Å². The highest BCUT2D eigenvalue weighted by atomic mass is 32.2. The second-order valence-corrected chi connectivity index (χ2v) is 5.63. The molecule has 2 rings (SSSR count). The van der Waals surface area contributed by atoms with Crippen molar-refractivity contribution < 1.29 is 14.1 Å². The molecule has 0 radical (unpaired) electrons. The van der Waals surface area contributed by atoms with Crippen molar-refractivity contribution in [2.24, 2.45) is 0 Å². The van der Waals surface area contributed by atoms with E-state index in [4.69, 9.17) is 5.11 Å². The summed E-state index contributed by atoms with van der Waals surface area (Å²) in [5.41, 5.74) is 1.82. The minimum absolute atomic E-state index is 0.238. The van der Waals surface area contributed by atoms with E-state index in [1.807, 2.05) is 4.57 Å².